The average Bonchev–Trinajstić information content (AvgIpc) is 2.43. The fraction of sp³-hybridized carbons (Fsp3) is 0.600. The summed E-state index contributed by atoms with van der Waals surface area (Å²) >= 11 is 0. The molecule has 3 N–H and O–H groups in total. The first-order valence-electron chi connectivity index (χ1n) is 8.13. The molecule has 2 atom stereocenters. The first-order valence-corrected chi connectivity index (χ1v) is 11.2. The molecule has 0 aromatic heterocycles. The van der Waals surface area contributed by atoms with Crippen LogP contribution < -0.4 is 0 Å². The predicted molar refractivity (Wildman–Crippen MR) is 102 cm³/mol. The summed E-state index contributed by atoms with van der Waals surface area (Å²) in [5.74, 6) is 0. The maximum Gasteiger partial charge on any atom is 0.481 e. The second kappa shape index (κ2) is 12.3. The molecule has 0 fully saturated rings. The van der Waals surface area contributed by atoms with Gasteiger partial charge in [-0.15, -0.1) is 0 Å². The fourth-order valence-electron chi connectivity index (χ4n) is 1.99. The van der Waals surface area contributed by atoms with E-state index in [9.17, 15) is 14.0 Å². The summed E-state index contributed by atoms with van der Waals surface area (Å²) < 4.78 is 30.4. The van der Waals surface area contributed by atoms with Crippen molar-refractivity contribution >= 4 is 15.6 Å². The molecule has 0 aliphatic rings. The smallest absolute Gasteiger partial charge is 0.302 e. The van der Waals surface area contributed by atoms with Crippen molar-refractivity contribution in [3.63, 3.8) is 0 Å². The average molecular weight is 423 g/mol. The van der Waals surface area contributed by atoms with Crippen molar-refractivity contribution in [1.82, 2.24) is 0 Å². The Morgan fingerprint density at radius 3 is 2.15 bits per heavy atom. The van der Waals surface area contributed by atoms with Crippen LogP contribution >= 0.6 is 15.6 Å². The number of azide groups is 1. The van der Waals surface area contributed by atoms with E-state index in [0.717, 1.165) is 12.8 Å². The van der Waals surface area contributed by atoms with Crippen LogP contribution in [0.25, 0.3) is 10.4 Å². The summed E-state index contributed by atoms with van der Waals surface area (Å²) in [6, 6.07) is 0. The Morgan fingerprint density at radius 1 is 1.07 bits per heavy atom. The standard InChI is InChI=1S/C15H27N3O7P2/c1-12(2)7-5-8-13(3)9-6-10-14(4)11-15(17-18-16)24-27(22,23)25-26(19,20)21/h7,9,11,15H,5-6,8,10H2,1-4H3,(H,22,23)(H2,19,20,21). The van der Waals surface area contributed by atoms with E-state index in [1.54, 1.807) is 6.92 Å². The molecule has 154 valence electrons. The van der Waals surface area contributed by atoms with Crippen molar-refractivity contribution in [2.45, 2.75) is 59.6 Å². The Kier molecular flexibility index (Phi) is 11.7. The molecule has 0 bridgehead atoms. The normalized spacial score (nSPS) is 16.3. The molecule has 27 heavy (non-hydrogen) atoms. The van der Waals surface area contributed by atoms with E-state index in [1.165, 1.54) is 17.2 Å². The van der Waals surface area contributed by atoms with E-state index in [4.69, 9.17) is 15.3 Å². The van der Waals surface area contributed by atoms with Crippen LogP contribution in [-0.4, -0.2) is 20.9 Å². The molecule has 0 rings (SSSR count). The molecule has 0 spiro atoms. The zero-order valence-corrected chi connectivity index (χ0v) is 17.6. The van der Waals surface area contributed by atoms with Gasteiger partial charge < -0.3 is 14.7 Å². The topological polar surface area (TPSA) is 162 Å². The highest BCUT2D eigenvalue weighted by Gasteiger charge is 2.34. The van der Waals surface area contributed by atoms with Gasteiger partial charge in [-0.05, 0) is 58.9 Å². The van der Waals surface area contributed by atoms with Gasteiger partial charge >= 0.3 is 15.6 Å². The lowest BCUT2D eigenvalue weighted by Gasteiger charge is -2.15. The van der Waals surface area contributed by atoms with Gasteiger partial charge in [-0.1, -0.05) is 40.1 Å². The molecule has 0 radical (unpaired) electrons. The molecule has 0 heterocycles. The van der Waals surface area contributed by atoms with Gasteiger partial charge in [0.05, 0.1) is 0 Å². The first-order chi connectivity index (χ1) is 12.3. The van der Waals surface area contributed by atoms with Crippen molar-refractivity contribution in [3.8, 4) is 0 Å². The molecule has 0 amide bonds. The van der Waals surface area contributed by atoms with Crippen LogP contribution in [0.3, 0.4) is 0 Å². The number of allylic oxidation sites excluding steroid dienone is 5. The Balaban J connectivity index is 4.80. The predicted octanol–water partition coefficient (Wildman–Crippen LogP) is 5.27. The Bertz CT molecular complexity index is 717. The van der Waals surface area contributed by atoms with E-state index in [-0.39, 0.29) is 0 Å². The Morgan fingerprint density at radius 2 is 1.63 bits per heavy atom. The lowest BCUT2D eigenvalue weighted by molar-refractivity contribution is 0.153. The van der Waals surface area contributed by atoms with Crippen LogP contribution in [0.5, 0.6) is 0 Å². The van der Waals surface area contributed by atoms with E-state index in [1.807, 2.05) is 20.8 Å². The summed E-state index contributed by atoms with van der Waals surface area (Å²) in [6.45, 7) is 7.84. The Hall–Kier alpha value is -1.21. The van der Waals surface area contributed by atoms with Gasteiger partial charge in [0.15, 0.2) is 6.23 Å². The van der Waals surface area contributed by atoms with Gasteiger partial charge in [-0.25, -0.2) is 9.13 Å². The third kappa shape index (κ3) is 15.5. The number of phosphoric acid groups is 2. The fourth-order valence-corrected chi connectivity index (χ4v) is 3.59. The molecule has 10 nitrogen and oxygen atoms in total. The molecule has 0 aromatic carbocycles. The summed E-state index contributed by atoms with van der Waals surface area (Å²) in [6.07, 6.45) is 7.20. The molecule has 2 unspecified atom stereocenters. The van der Waals surface area contributed by atoms with Gasteiger partial charge in [-0.3, -0.25) is 4.52 Å². The maximum absolute atomic E-state index is 11.5. The van der Waals surface area contributed by atoms with Crippen molar-refractivity contribution in [2.75, 3.05) is 0 Å². The third-order valence-corrected chi connectivity index (χ3v) is 5.32. The van der Waals surface area contributed by atoms with Gasteiger partial charge in [0.2, 0.25) is 0 Å². The van der Waals surface area contributed by atoms with Gasteiger partial charge in [0.25, 0.3) is 0 Å². The van der Waals surface area contributed by atoms with Crippen molar-refractivity contribution in [1.29, 1.82) is 0 Å². The van der Waals surface area contributed by atoms with Gasteiger partial charge in [0.1, 0.15) is 0 Å². The first kappa shape index (κ1) is 25.8. The van der Waals surface area contributed by atoms with Crippen LogP contribution in [0.1, 0.15) is 53.4 Å². The summed E-state index contributed by atoms with van der Waals surface area (Å²) in [5.41, 5.74) is 11.7. The minimum absolute atomic E-state index is 0.579. The van der Waals surface area contributed by atoms with Gasteiger partial charge in [0, 0.05) is 4.91 Å². The van der Waals surface area contributed by atoms with Crippen LogP contribution in [0.15, 0.2) is 40.1 Å². The van der Waals surface area contributed by atoms with Crippen molar-refractivity contribution in [2.24, 2.45) is 5.11 Å². The zero-order valence-electron chi connectivity index (χ0n) is 15.8. The quantitative estimate of drug-likeness (QED) is 0.127. The van der Waals surface area contributed by atoms with Crippen LogP contribution in [-0.2, 0) is 18.0 Å². The molecule has 0 aliphatic heterocycles. The van der Waals surface area contributed by atoms with Crippen LogP contribution in [0, 0.1) is 0 Å². The number of nitrogens with zero attached hydrogens (tertiary/aromatic N) is 3. The van der Waals surface area contributed by atoms with E-state index in [2.05, 4.69) is 31.0 Å². The highest BCUT2D eigenvalue weighted by atomic mass is 31.3. The lowest BCUT2D eigenvalue weighted by atomic mass is 10.1. The second-order valence-corrected chi connectivity index (χ2v) is 8.95. The molecule has 0 aliphatic carbocycles. The van der Waals surface area contributed by atoms with E-state index in [0.29, 0.717) is 18.4 Å². The van der Waals surface area contributed by atoms with E-state index < -0.39 is 21.9 Å². The number of rotatable bonds is 12. The van der Waals surface area contributed by atoms with Crippen LogP contribution in [0.2, 0.25) is 0 Å². The maximum atomic E-state index is 11.5. The molecular formula is C15H27N3O7P2. The summed E-state index contributed by atoms with van der Waals surface area (Å²) in [4.78, 5) is 29.0. The molecule has 0 saturated carbocycles. The van der Waals surface area contributed by atoms with Gasteiger partial charge in [-0.2, -0.15) is 4.31 Å². The third-order valence-electron chi connectivity index (χ3n) is 3.17. The highest BCUT2D eigenvalue weighted by molar-refractivity contribution is 7.60. The van der Waals surface area contributed by atoms with Crippen LogP contribution in [0.4, 0.5) is 0 Å². The largest absolute Gasteiger partial charge is 0.481 e. The highest BCUT2D eigenvalue weighted by Crippen LogP contribution is 2.58. The number of hydrogen-bond donors (Lipinski definition) is 3. The molecular weight excluding hydrogens is 396 g/mol. The minimum Gasteiger partial charge on any atom is -0.302 e. The Labute approximate surface area is 159 Å². The number of hydrogen-bond acceptors (Lipinski definition) is 5. The number of phosphoric ester groups is 1. The summed E-state index contributed by atoms with van der Waals surface area (Å²) in [7, 11) is -10.4. The summed E-state index contributed by atoms with van der Waals surface area (Å²) in [5, 5.41) is 3.17. The van der Waals surface area contributed by atoms with Crippen molar-refractivity contribution in [3.05, 3.63) is 45.4 Å². The van der Waals surface area contributed by atoms with E-state index >= 15 is 0 Å². The molecule has 0 saturated heterocycles. The lowest BCUT2D eigenvalue weighted by Crippen LogP contribution is -2.06. The molecule has 12 heteroatoms. The monoisotopic (exact) mass is 423 g/mol. The van der Waals surface area contributed by atoms with Crippen molar-refractivity contribution < 1.29 is 32.6 Å². The minimum atomic E-state index is -5.25. The SMILES string of the molecule is CC(C)=CCCC(C)=CCCC(C)=CC(N=[N+]=[N-])OP(=O)(O)OP(=O)(O)O. The molecule has 0 aromatic rings. The second-order valence-electron chi connectivity index (χ2n) is 6.16. The zero-order chi connectivity index (χ0) is 21.1.